The second-order valence-electron chi connectivity index (χ2n) is 14.4. The number of furan rings is 1. The van der Waals surface area contributed by atoms with Gasteiger partial charge in [0.05, 0.1) is 27.8 Å². The van der Waals surface area contributed by atoms with Gasteiger partial charge in [0.15, 0.2) is 11.6 Å². The van der Waals surface area contributed by atoms with Gasteiger partial charge in [0, 0.05) is 49.0 Å². The molecule has 6 heteroatoms. The molecule has 6 nitrogen and oxygen atoms in total. The molecule has 0 radical (unpaired) electrons. The Balaban J connectivity index is 1.21. The molecule has 57 heavy (non-hydrogen) atoms. The van der Waals surface area contributed by atoms with Crippen LogP contribution in [-0.4, -0.2) is 24.1 Å². The van der Waals surface area contributed by atoms with Gasteiger partial charge in [-0.2, -0.15) is 9.97 Å². The van der Waals surface area contributed by atoms with Crippen molar-refractivity contribution in [2.24, 2.45) is 0 Å². The summed E-state index contributed by atoms with van der Waals surface area (Å²) in [6.07, 6.45) is 0. The Hall–Kier alpha value is -7.83. The lowest BCUT2D eigenvalue weighted by Gasteiger charge is -2.16. The van der Waals surface area contributed by atoms with Gasteiger partial charge in [-0.1, -0.05) is 146 Å². The number of benzene rings is 8. The third kappa shape index (κ3) is 4.81. The largest absolute Gasteiger partial charge is 0.456 e. The molecule has 0 unspecified atom stereocenters. The molecule has 0 fully saturated rings. The highest BCUT2D eigenvalue weighted by Gasteiger charge is 2.24. The lowest BCUT2D eigenvalue weighted by Crippen LogP contribution is -2.07. The fourth-order valence-electron chi connectivity index (χ4n) is 8.66. The van der Waals surface area contributed by atoms with Crippen LogP contribution in [0.5, 0.6) is 0 Å². The highest BCUT2D eigenvalue weighted by molar-refractivity contribution is 6.24. The molecule has 0 bridgehead atoms. The van der Waals surface area contributed by atoms with Gasteiger partial charge in [0.1, 0.15) is 11.2 Å². The van der Waals surface area contributed by atoms with Gasteiger partial charge >= 0.3 is 0 Å². The van der Waals surface area contributed by atoms with Crippen molar-refractivity contribution in [3.63, 3.8) is 0 Å². The first-order valence-corrected chi connectivity index (χ1v) is 19.1. The van der Waals surface area contributed by atoms with Crippen LogP contribution in [0.2, 0.25) is 0 Å². The Morgan fingerprint density at radius 2 is 0.895 bits per heavy atom. The third-order valence-corrected chi connectivity index (χ3v) is 11.2. The number of hydrogen-bond acceptors (Lipinski definition) is 4. The molecular weight excluding hydrogens is 699 g/mol. The number of hydrogen-bond donors (Lipinski definition) is 0. The molecule has 0 N–H and O–H groups in total. The van der Waals surface area contributed by atoms with E-state index < -0.39 is 0 Å². The predicted molar refractivity (Wildman–Crippen MR) is 232 cm³/mol. The summed E-state index contributed by atoms with van der Waals surface area (Å²) in [5, 5.41) is 6.65. The summed E-state index contributed by atoms with van der Waals surface area (Å²) in [7, 11) is 0. The van der Waals surface area contributed by atoms with Crippen molar-refractivity contribution < 1.29 is 4.42 Å². The van der Waals surface area contributed by atoms with Gasteiger partial charge in [-0.15, -0.1) is 0 Å². The summed E-state index contributed by atoms with van der Waals surface area (Å²) in [5.74, 6) is 1.72. The molecule has 266 valence electrons. The maximum absolute atomic E-state index is 6.21. The molecule has 0 saturated carbocycles. The molecule has 0 amide bonds. The van der Waals surface area contributed by atoms with Crippen molar-refractivity contribution in [1.29, 1.82) is 0 Å². The summed E-state index contributed by atoms with van der Waals surface area (Å²) < 4.78 is 10.9. The SMILES string of the molecule is c1ccc(-c2nc(-c3ccc4oc5ccccc5c4c3)nc(-n3c4ccccc4c4ccc5c6ccccc6n(-c6ccccc6-c6ccccc6)c5c43)n2)cc1. The molecule has 4 aromatic heterocycles. The van der Waals surface area contributed by atoms with E-state index >= 15 is 0 Å². The summed E-state index contributed by atoms with van der Waals surface area (Å²) in [4.78, 5) is 15.8. The maximum atomic E-state index is 6.21. The van der Waals surface area contributed by atoms with Crippen molar-refractivity contribution in [1.82, 2.24) is 24.1 Å². The quantitative estimate of drug-likeness (QED) is 0.177. The number of rotatable bonds is 5. The van der Waals surface area contributed by atoms with Crippen LogP contribution >= 0.6 is 0 Å². The van der Waals surface area contributed by atoms with Crippen LogP contribution in [-0.2, 0) is 0 Å². The molecule has 12 aromatic rings. The van der Waals surface area contributed by atoms with Crippen LogP contribution in [0.25, 0.3) is 111 Å². The molecule has 8 aromatic carbocycles. The van der Waals surface area contributed by atoms with E-state index in [-0.39, 0.29) is 0 Å². The van der Waals surface area contributed by atoms with Gasteiger partial charge in [0.25, 0.3) is 0 Å². The Bertz CT molecular complexity index is 3520. The first-order chi connectivity index (χ1) is 28.3. The van der Waals surface area contributed by atoms with E-state index in [0.29, 0.717) is 17.6 Å². The molecule has 12 rings (SSSR count). The normalized spacial score (nSPS) is 11.9. The van der Waals surface area contributed by atoms with E-state index in [2.05, 4.69) is 149 Å². The molecule has 0 aliphatic heterocycles. The van der Waals surface area contributed by atoms with E-state index in [0.717, 1.165) is 88.1 Å². The lowest BCUT2D eigenvalue weighted by atomic mass is 10.0. The fraction of sp³-hybridized carbons (Fsp3) is 0. The number of aromatic nitrogens is 5. The Morgan fingerprint density at radius 1 is 0.351 bits per heavy atom. The zero-order chi connectivity index (χ0) is 37.5. The Kier molecular flexibility index (Phi) is 6.83. The van der Waals surface area contributed by atoms with E-state index in [4.69, 9.17) is 19.4 Å². The van der Waals surface area contributed by atoms with Crippen LogP contribution in [0.1, 0.15) is 0 Å². The van der Waals surface area contributed by atoms with Crippen molar-refractivity contribution >= 4 is 65.6 Å². The molecular formula is C51H31N5O. The maximum Gasteiger partial charge on any atom is 0.238 e. The number of para-hydroxylation sites is 4. The first-order valence-electron chi connectivity index (χ1n) is 19.1. The fourth-order valence-corrected chi connectivity index (χ4v) is 8.66. The third-order valence-electron chi connectivity index (χ3n) is 11.2. The van der Waals surface area contributed by atoms with Gasteiger partial charge in [-0.3, -0.25) is 4.57 Å². The second kappa shape index (κ2) is 12.3. The molecule has 0 spiro atoms. The summed E-state index contributed by atoms with van der Waals surface area (Å²) >= 11 is 0. The molecule has 0 aliphatic carbocycles. The van der Waals surface area contributed by atoms with Gasteiger partial charge < -0.3 is 8.98 Å². The first kappa shape index (κ1) is 31.5. The molecule has 0 saturated heterocycles. The predicted octanol–water partition coefficient (Wildman–Crippen LogP) is 13.0. The molecule has 4 heterocycles. The van der Waals surface area contributed by atoms with E-state index in [1.54, 1.807) is 0 Å². The summed E-state index contributed by atoms with van der Waals surface area (Å²) in [5.41, 5.74) is 11.1. The second-order valence-corrected chi connectivity index (χ2v) is 14.4. The average Bonchev–Trinajstić information content (AvgIpc) is 3.94. The average molecular weight is 730 g/mol. The van der Waals surface area contributed by atoms with Crippen molar-refractivity contribution in [3.8, 4) is 45.5 Å². The minimum atomic E-state index is 0.544. The minimum Gasteiger partial charge on any atom is -0.456 e. The standard InChI is InChI=1S/C51H31N5O/c1-3-15-32(16-4-1)35-19-7-11-23-42(35)55-43-24-12-8-20-36(43)39-28-29-40-37-21-9-13-25-44(37)56(48(40)47(39)55)51-53-49(33-17-5-2-6-18-33)52-50(54-51)34-27-30-46-41(31-34)38-22-10-14-26-45(38)57-46/h1-31H. The van der Waals surface area contributed by atoms with Crippen LogP contribution in [0.4, 0.5) is 0 Å². The highest BCUT2D eigenvalue weighted by Crippen LogP contribution is 2.43. The van der Waals surface area contributed by atoms with Gasteiger partial charge in [0.2, 0.25) is 5.95 Å². The molecule has 0 aliphatic rings. The van der Waals surface area contributed by atoms with Crippen LogP contribution < -0.4 is 0 Å². The topological polar surface area (TPSA) is 61.7 Å². The van der Waals surface area contributed by atoms with E-state index in [1.807, 2.05) is 48.5 Å². The minimum absolute atomic E-state index is 0.544. The van der Waals surface area contributed by atoms with Crippen molar-refractivity contribution in [3.05, 3.63) is 188 Å². The summed E-state index contributed by atoms with van der Waals surface area (Å²) in [6, 6.07) is 65.6. The van der Waals surface area contributed by atoms with Crippen LogP contribution in [0.3, 0.4) is 0 Å². The van der Waals surface area contributed by atoms with E-state index in [1.165, 1.54) is 5.39 Å². The number of nitrogens with zero attached hydrogens (tertiary/aromatic N) is 5. The van der Waals surface area contributed by atoms with Gasteiger partial charge in [-0.25, -0.2) is 4.98 Å². The smallest absolute Gasteiger partial charge is 0.238 e. The lowest BCUT2D eigenvalue weighted by molar-refractivity contribution is 0.669. The zero-order valence-corrected chi connectivity index (χ0v) is 30.5. The van der Waals surface area contributed by atoms with Crippen molar-refractivity contribution in [2.45, 2.75) is 0 Å². The van der Waals surface area contributed by atoms with Gasteiger partial charge in [-0.05, 0) is 48.0 Å². The Morgan fingerprint density at radius 3 is 1.63 bits per heavy atom. The Labute approximate surface area is 326 Å². The van der Waals surface area contributed by atoms with E-state index in [9.17, 15) is 0 Å². The van der Waals surface area contributed by atoms with Crippen LogP contribution in [0.15, 0.2) is 192 Å². The number of fused-ring (bicyclic) bond motifs is 10. The summed E-state index contributed by atoms with van der Waals surface area (Å²) in [6.45, 7) is 0. The zero-order valence-electron chi connectivity index (χ0n) is 30.5. The molecule has 0 atom stereocenters. The monoisotopic (exact) mass is 729 g/mol. The highest BCUT2D eigenvalue weighted by atomic mass is 16.3. The van der Waals surface area contributed by atoms with Crippen molar-refractivity contribution in [2.75, 3.05) is 0 Å². The van der Waals surface area contributed by atoms with Crippen LogP contribution in [0, 0.1) is 0 Å².